The Morgan fingerprint density at radius 1 is 1.06 bits per heavy atom. The van der Waals surface area contributed by atoms with E-state index in [-0.39, 0.29) is 0 Å². The standard InChI is InChI=1S/C15H14N2O/c1-18-15-9-5-8-14-13(15)10-16-17(14)11-12-6-3-2-4-7-12/h2-10H,11H2,1H3. The molecule has 0 amide bonds. The third kappa shape index (κ3) is 1.84. The van der Waals surface area contributed by atoms with Crippen molar-refractivity contribution >= 4 is 10.9 Å². The quantitative estimate of drug-likeness (QED) is 0.701. The van der Waals surface area contributed by atoms with E-state index in [1.807, 2.05) is 41.2 Å². The van der Waals surface area contributed by atoms with E-state index in [0.29, 0.717) is 0 Å². The smallest absolute Gasteiger partial charge is 0.129 e. The van der Waals surface area contributed by atoms with Crippen molar-refractivity contribution in [3.8, 4) is 5.75 Å². The molecule has 0 radical (unpaired) electrons. The lowest BCUT2D eigenvalue weighted by Crippen LogP contribution is -2.00. The number of nitrogens with zero attached hydrogens (tertiary/aromatic N) is 2. The summed E-state index contributed by atoms with van der Waals surface area (Å²) in [7, 11) is 1.68. The average molecular weight is 238 g/mol. The molecule has 0 aliphatic carbocycles. The van der Waals surface area contributed by atoms with Gasteiger partial charge in [0.15, 0.2) is 0 Å². The molecule has 1 aromatic heterocycles. The van der Waals surface area contributed by atoms with Crippen LogP contribution in [0, 0.1) is 0 Å². The van der Waals surface area contributed by atoms with Crippen LogP contribution in [0.4, 0.5) is 0 Å². The molecule has 0 aliphatic rings. The van der Waals surface area contributed by atoms with Crippen LogP contribution >= 0.6 is 0 Å². The molecule has 0 bridgehead atoms. The SMILES string of the molecule is COc1cccc2c1cnn2Cc1ccccc1. The molecule has 0 spiro atoms. The Bertz CT molecular complexity index is 659. The predicted octanol–water partition coefficient (Wildman–Crippen LogP) is 3.09. The number of hydrogen-bond acceptors (Lipinski definition) is 2. The fourth-order valence-electron chi connectivity index (χ4n) is 2.14. The van der Waals surface area contributed by atoms with E-state index >= 15 is 0 Å². The number of ether oxygens (including phenoxy) is 1. The van der Waals surface area contributed by atoms with Gasteiger partial charge in [-0.25, -0.2) is 0 Å². The molecule has 1 heterocycles. The summed E-state index contributed by atoms with van der Waals surface area (Å²) in [4.78, 5) is 0. The Kier molecular flexibility index (Phi) is 2.73. The third-order valence-electron chi connectivity index (χ3n) is 3.04. The molecule has 18 heavy (non-hydrogen) atoms. The van der Waals surface area contributed by atoms with Crippen LogP contribution in [0.25, 0.3) is 10.9 Å². The molecular weight excluding hydrogens is 224 g/mol. The summed E-state index contributed by atoms with van der Waals surface area (Å²) in [5.41, 5.74) is 2.34. The molecule has 0 saturated carbocycles. The third-order valence-corrected chi connectivity index (χ3v) is 3.04. The minimum Gasteiger partial charge on any atom is -0.496 e. The van der Waals surface area contributed by atoms with Gasteiger partial charge in [0.1, 0.15) is 5.75 Å². The maximum atomic E-state index is 5.34. The second-order valence-electron chi connectivity index (χ2n) is 4.18. The molecule has 0 aliphatic heterocycles. The van der Waals surface area contributed by atoms with Crippen LogP contribution in [0.1, 0.15) is 5.56 Å². The van der Waals surface area contributed by atoms with Crippen molar-refractivity contribution in [3.05, 3.63) is 60.3 Å². The molecule has 3 nitrogen and oxygen atoms in total. The molecule has 3 aromatic rings. The maximum Gasteiger partial charge on any atom is 0.129 e. The number of hydrogen-bond donors (Lipinski definition) is 0. The second kappa shape index (κ2) is 4.53. The van der Waals surface area contributed by atoms with Gasteiger partial charge in [0, 0.05) is 0 Å². The number of methoxy groups -OCH3 is 1. The fraction of sp³-hybridized carbons (Fsp3) is 0.133. The molecule has 0 saturated heterocycles. The summed E-state index contributed by atoms with van der Waals surface area (Å²) in [5, 5.41) is 5.49. The molecule has 0 unspecified atom stereocenters. The summed E-state index contributed by atoms with van der Waals surface area (Å²) in [6.07, 6.45) is 1.86. The topological polar surface area (TPSA) is 27.1 Å². The lowest BCUT2D eigenvalue weighted by molar-refractivity contribution is 0.420. The van der Waals surface area contributed by atoms with Crippen molar-refractivity contribution in [1.82, 2.24) is 9.78 Å². The first-order valence-corrected chi connectivity index (χ1v) is 5.91. The van der Waals surface area contributed by atoms with Crippen LogP contribution in [-0.2, 0) is 6.54 Å². The molecule has 90 valence electrons. The summed E-state index contributed by atoms with van der Waals surface area (Å²) in [6, 6.07) is 16.3. The molecule has 0 atom stereocenters. The Hall–Kier alpha value is -2.29. The Labute approximate surface area is 106 Å². The van der Waals surface area contributed by atoms with Gasteiger partial charge in [-0.1, -0.05) is 36.4 Å². The molecule has 3 heteroatoms. The van der Waals surface area contributed by atoms with Crippen LogP contribution < -0.4 is 4.74 Å². The largest absolute Gasteiger partial charge is 0.496 e. The van der Waals surface area contributed by atoms with Gasteiger partial charge < -0.3 is 4.74 Å². The zero-order chi connectivity index (χ0) is 12.4. The van der Waals surface area contributed by atoms with Gasteiger partial charge in [0.25, 0.3) is 0 Å². The van der Waals surface area contributed by atoms with Crippen molar-refractivity contribution in [3.63, 3.8) is 0 Å². The number of fused-ring (bicyclic) bond motifs is 1. The fourth-order valence-corrected chi connectivity index (χ4v) is 2.14. The van der Waals surface area contributed by atoms with E-state index in [1.54, 1.807) is 7.11 Å². The number of aromatic nitrogens is 2. The van der Waals surface area contributed by atoms with E-state index in [2.05, 4.69) is 23.3 Å². The molecule has 2 aromatic carbocycles. The van der Waals surface area contributed by atoms with Crippen LogP contribution in [0.15, 0.2) is 54.7 Å². The highest BCUT2D eigenvalue weighted by Gasteiger charge is 2.07. The van der Waals surface area contributed by atoms with Gasteiger partial charge in [0.2, 0.25) is 0 Å². The zero-order valence-electron chi connectivity index (χ0n) is 10.2. The van der Waals surface area contributed by atoms with Crippen molar-refractivity contribution < 1.29 is 4.74 Å². The van der Waals surface area contributed by atoms with Crippen LogP contribution in [0.3, 0.4) is 0 Å². The van der Waals surface area contributed by atoms with Gasteiger partial charge in [-0.15, -0.1) is 0 Å². The van der Waals surface area contributed by atoms with Gasteiger partial charge in [-0.2, -0.15) is 5.10 Å². The lowest BCUT2D eigenvalue weighted by Gasteiger charge is -2.05. The summed E-state index contributed by atoms with van der Waals surface area (Å²) in [5.74, 6) is 0.867. The van der Waals surface area contributed by atoms with Crippen LogP contribution in [0.2, 0.25) is 0 Å². The Morgan fingerprint density at radius 2 is 1.89 bits per heavy atom. The minimum atomic E-state index is 0.775. The minimum absolute atomic E-state index is 0.775. The second-order valence-corrected chi connectivity index (χ2v) is 4.18. The molecular formula is C15H14N2O. The van der Waals surface area contributed by atoms with E-state index in [1.165, 1.54) is 5.56 Å². The first kappa shape index (κ1) is 10.8. The number of rotatable bonds is 3. The van der Waals surface area contributed by atoms with E-state index in [0.717, 1.165) is 23.2 Å². The van der Waals surface area contributed by atoms with E-state index in [9.17, 15) is 0 Å². The van der Waals surface area contributed by atoms with E-state index in [4.69, 9.17) is 4.74 Å². The highest BCUT2D eigenvalue weighted by atomic mass is 16.5. The van der Waals surface area contributed by atoms with Crippen molar-refractivity contribution in [2.24, 2.45) is 0 Å². The molecule has 0 N–H and O–H groups in total. The highest BCUT2D eigenvalue weighted by molar-refractivity contribution is 5.85. The Morgan fingerprint density at radius 3 is 2.67 bits per heavy atom. The number of benzene rings is 2. The van der Waals surface area contributed by atoms with Gasteiger partial charge >= 0.3 is 0 Å². The first-order chi connectivity index (χ1) is 8.88. The lowest BCUT2D eigenvalue weighted by atomic mass is 10.2. The Balaban J connectivity index is 2.03. The molecule has 0 fully saturated rings. The average Bonchev–Trinajstić information content (AvgIpc) is 2.83. The molecule has 3 rings (SSSR count). The maximum absolute atomic E-state index is 5.34. The van der Waals surface area contributed by atoms with Gasteiger partial charge in [-0.05, 0) is 17.7 Å². The zero-order valence-corrected chi connectivity index (χ0v) is 10.2. The van der Waals surface area contributed by atoms with Gasteiger partial charge in [0.05, 0.1) is 30.8 Å². The highest BCUT2D eigenvalue weighted by Crippen LogP contribution is 2.25. The summed E-state index contributed by atoms with van der Waals surface area (Å²) in [6.45, 7) is 0.775. The predicted molar refractivity (Wildman–Crippen MR) is 71.8 cm³/mol. The monoisotopic (exact) mass is 238 g/mol. The van der Waals surface area contributed by atoms with Crippen LogP contribution in [0.5, 0.6) is 5.75 Å². The van der Waals surface area contributed by atoms with Crippen molar-refractivity contribution in [2.75, 3.05) is 7.11 Å². The van der Waals surface area contributed by atoms with Crippen molar-refractivity contribution in [2.45, 2.75) is 6.54 Å². The van der Waals surface area contributed by atoms with Crippen molar-refractivity contribution in [1.29, 1.82) is 0 Å². The summed E-state index contributed by atoms with van der Waals surface area (Å²) >= 11 is 0. The van der Waals surface area contributed by atoms with E-state index < -0.39 is 0 Å². The normalized spacial score (nSPS) is 10.7. The summed E-state index contributed by atoms with van der Waals surface area (Å²) < 4.78 is 7.33. The first-order valence-electron chi connectivity index (χ1n) is 5.91. The van der Waals surface area contributed by atoms with Gasteiger partial charge in [-0.3, -0.25) is 4.68 Å². The van der Waals surface area contributed by atoms with Crippen LogP contribution in [-0.4, -0.2) is 16.9 Å².